The van der Waals surface area contributed by atoms with Crippen LogP contribution in [-0.2, 0) is 20.7 Å². The molecule has 1 aliphatic rings. The molecule has 1 saturated heterocycles. The van der Waals surface area contributed by atoms with Crippen molar-refractivity contribution in [3.63, 3.8) is 0 Å². The first kappa shape index (κ1) is 12.8. The van der Waals surface area contributed by atoms with Crippen LogP contribution >= 0.6 is 0 Å². The lowest BCUT2D eigenvalue weighted by Gasteiger charge is -2.26. The van der Waals surface area contributed by atoms with E-state index in [9.17, 15) is 4.79 Å². The molecular weight excluding hydrogens is 228 g/mol. The van der Waals surface area contributed by atoms with Gasteiger partial charge in [0.25, 0.3) is 0 Å². The van der Waals surface area contributed by atoms with Crippen molar-refractivity contribution in [2.75, 3.05) is 19.8 Å². The summed E-state index contributed by atoms with van der Waals surface area (Å²) in [5.74, 6) is -0.226. The van der Waals surface area contributed by atoms with Crippen LogP contribution in [0.4, 0.5) is 0 Å². The van der Waals surface area contributed by atoms with Gasteiger partial charge in [-0.1, -0.05) is 36.9 Å². The summed E-state index contributed by atoms with van der Waals surface area (Å²) in [7, 11) is 0. The molecule has 0 N–H and O–H groups in total. The van der Waals surface area contributed by atoms with Crippen LogP contribution in [0.3, 0.4) is 0 Å². The molecular formula is C15H18O3. The van der Waals surface area contributed by atoms with Crippen molar-refractivity contribution in [3.8, 4) is 0 Å². The molecule has 96 valence electrons. The number of ether oxygens (including phenoxy) is 2. The van der Waals surface area contributed by atoms with Crippen LogP contribution in [0, 0.1) is 5.41 Å². The second kappa shape index (κ2) is 5.36. The Morgan fingerprint density at radius 1 is 1.44 bits per heavy atom. The van der Waals surface area contributed by atoms with Gasteiger partial charge in [0.2, 0.25) is 0 Å². The van der Waals surface area contributed by atoms with E-state index in [0.29, 0.717) is 26.2 Å². The summed E-state index contributed by atoms with van der Waals surface area (Å²) in [5.41, 5.74) is 1.19. The van der Waals surface area contributed by atoms with Crippen molar-refractivity contribution in [1.82, 2.24) is 0 Å². The summed E-state index contributed by atoms with van der Waals surface area (Å²) in [5, 5.41) is 0. The number of hydrogen-bond acceptors (Lipinski definition) is 3. The molecule has 1 fully saturated rings. The molecule has 1 heterocycles. The minimum Gasteiger partial charge on any atom is -0.465 e. The zero-order valence-electron chi connectivity index (χ0n) is 10.6. The van der Waals surface area contributed by atoms with Crippen molar-refractivity contribution >= 4 is 5.97 Å². The van der Waals surface area contributed by atoms with Crippen molar-refractivity contribution in [3.05, 3.63) is 48.0 Å². The Morgan fingerprint density at radius 3 is 2.72 bits per heavy atom. The number of benzene rings is 1. The molecule has 1 aromatic rings. The summed E-state index contributed by atoms with van der Waals surface area (Å²) >= 11 is 0. The second-order valence-corrected chi connectivity index (χ2v) is 4.56. The van der Waals surface area contributed by atoms with Crippen LogP contribution in [-0.4, -0.2) is 25.8 Å². The van der Waals surface area contributed by atoms with Crippen molar-refractivity contribution in [2.45, 2.75) is 13.3 Å². The Balaban J connectivity index is 2.26. The third-order valence-electron chi connectivity index (χ3n) is 3.32. The topological polar surface area (TPSA) is 35.5 Å². The highest BCUT2D eigenvalue weighted by atomic mass is 16.5. The summed E-state index contributed by atoms with van der Waals surface area (Å²) in [6.45, 7) is 6.97. The van der Waals surface area contributed by atoms with Gasteiger partial charge in [-0.15, -0.1) is 0 Å². The molecule has 0 unspecified atom stereocenters. The Morgan fingerprint density at radius 2 is 2.17 bits per heavy atom. The van der Waals surface area contributed by atoms with Gasteiger partial charge in [0.15, 0.2) is 0 Å². The largest absolute Gasteiger partial charge is 0.465 e. The van der Waals surface area contributed by atoms with Crippen LogP contribution in [0.2, 0.25) is 0 Å². The van der Waals surface area contributed by atoms with E-state index in [0.717, 1.165) is 11.1 Å². The zero-order valence-corrected chi connectivity index (χ0v) is 10.6. The molecule has 1 atom stereocenters. The predicted octanol–water partition coefficient (Wildman–Crippen LogP) is 2.37. The van der Waals surface area contributed by atoms with Crippen LogP contribution in [0.15, 0.2) is 42.5 Å². The van der Waals surface area contributed by atoms with Crippen LogP contribution in [0.5, 0.6) is 0 Å². The lowest BCUT2D eigenvalue weighted by molar-refractivity contribution is -0.153. The smallest absolute Gasteiger partial charge is 0.319 e. The van der Waals surface area contributed by atoms with E-state index >= 15 is 0 Å². The fourth-order valence-electron chi connectivity index (χ4n) is 2.25. The Labute approximate surface area is 107 Å². The molecule has 1 aliphatic heterocycles. The second-order valence-electron chi connectivity index (χ2n) is 4.56. The number of carbonyl (C=O) groups is 1. The fraction of sp³-hybridized carbons (Fsp3) is 0.400. The zero-order chi connectivity index (χ0) is 13.0. The first-order valence-electron chi connectivity index (χ1n) is 6.16. The van der Waals surface area contributed by atoms with E-state index in [4.69, 9.17) is 9.47 Å². The van der Waals surface area contributed by atoms with Gasteiger partial charge in [0.1, 0.15) is 5.41 Å². The number of hydrogen-bond donors (Lipinski definition) is 0. The van der Waals surface area contributed by atoms with E-state index < -0.39 is 5.41 Å². The molecule has 0 aromatic heterocycles. The van der Waals surface area contributed by atoms with Crippen molar-refractivity contribution in [1.29, 1.82) is 0 Å². The Hall–Kier alpha value is -1.61. The van der Waals surface area contributed by atoms with E-state index in [-0.39, 0.29) is 5.97 Å². The minimum absolute atomic E-state index is 0.226. The molecule has 18 heavy (non-hydrogen) atoms. The van der Waals surface area contributed by atoms with Crippen LogP contribution < -0.4 is 0 Å². The molecule has 0 radical (unpaired) electrons. The minimum atomic E-state index is -0.711. The first-order chi connectivity index (χ1) is 8.69. The van der Waals surface area contributed by atoms with Gasteiger partial charge in [-0.25, -0.2) is 0 Å². The van der Waals surface area contributed by atoms with E-state index in [1.165, 1.54) is 0 Å². The molecule has 0 aliphatic carbocycles. The molecule has 0 spiro atoms. The number of rotatable bonds is 4. The van der Waals surface area contributed by atoms with Gasteiger partial charge in [-0.05, 0) is 24.5 Å². The predicted molar refractivity (Wildman–Crippen MR) is 69.2 cm³/mol. The highest BCUT2D eigenvalue weighted by molar-refractivity contribution is 5.81. The van der Waals surface area contributed by atoms with Crippen LogP contribution in [0.1, 0.15) is 12.5 Å². The maximum absolute atomic E-state index is 12.2. The van der Waals surface area contributed by atoms with Gasteiger partial charge in [-0.2, -0.15) is 0 Å². The van der Waals surface area contributed by atoms with Gasteiger partial charge in [0, 0.05) is 0 Å². The maximum atomic E-state index is 12.2. The third kappa shape index (κ3) is 2.31. The lowest BCUT2D eigenvalue weighted by Crippen LogP contribution is -2.37. The van der Waals surface area contributed by atoms with Gasteiger partial charge in [0.05, 0.1) is 19.8 Å². The summed E-state index contributed by atoms with van der Waals surface area (Å²) in [6, 6.07) is 9.90. The standard InChI is InChI=1S/C15H18O3/c1-3-18-14(16)15(11-17-10-12(15)2)9-13-7-5-4-6-8-13/h4-8H,2-3,9-11H2,1H3/t15-/m0/s1. The van der Waals surface area contributed by atoms with Crippen molar-refractivity contribution < 1.29 is 14.3 Å². The first-order valence-corrected chi connectivity index (χ1v) is 6.16. The average Bonchev–Trinajstić information content (AvgIpc) is 2.74. The Bertz CT molecular complexity index is 438. The van der Waals surface area contributed by atoms with Gasteiger partial charge in [-0.3, -0.25) is 4.79 Å². The molecule has 0 amide bonds. The molecule has 2 rings (SSSR count). The third-order valence-corrected chi connectivity index (χ3v) is 3.32. The number of esters is 1. The monoisotopic (exact) mass is 246 g/mol. The summed E-state index contributed by atoms with van der Waals surface area (Å²) in [4.78, 5) is 12.2. The average molecular weight is 246 g/mol. The SMILES string of the molecule is C=C1COC[C@]1(Cc1ccccc1)C(=O)OCC. The summed E-state index contributed by atoms with van der Waals surface area (Å²) in [6.07, 6.45) is 0.589. The highest BCUT2D eigenvalue weighted by Gasteiger charge is 2.46. The van der Waals surface area contributed by atoms with Crippen LogP contribution in [0.25, 0.3) is 0 Å². The Kier molecular flexibility index (Phi) is 3.82. The molecule has 1 aromatic carbocycles. The number of carbonyl (C=O) groups excluding carboxylic acids is 1. The van der Waals surface area contributed by atoms with E-state index in [2.05, 4.69) is 6.58 Å². The van der Waals surface area contributed by atoms with E-state index in [1.807, 2.05) is 37.3 Å². The quantitative estimate of drug-likeness (QED) is 0.604. The van der Waals surface area contributed by atoms with Gasteiger partial charge >= 0.3 is 5.97 Å². The normalized spacial score (nSPS) is 23.1. The lowest BCUT2D eigenvalue weighted by atomic mass is 9.78. The maximum Gasteiger partial charge on any atom is 0.319 e. The highest BCUT2D eigenvalue weighted by Crippen LogP contribution is 2.37. The molecule has 0 bridgehead atoms. The molecule has 0 saturated carbocycles. The molecule has 3 heteroatoms. The fourth-order valence-corrected chi connectivity index (χ4v) is 2.25. The summed E-state index contributed by atoms with van der Waals surface area (Å²) < 4.78 is 10.6. The van der Waals surface area contributed by atoms with Gasteiger partial charge < -0.3 is 9.47 Å². The van der Waals surface area contributed by atoms with E-state index in [1.54, 1.807) is 0 Å². The van der Waals surface area contributed by atoms with Crippen molar-refractivity contribution in [2.24, 2.45) is 5.41 Å². The molecule has 3 nitrogen and oxygen atoms in total.